The number of hydrogen-bond donors (Lipinski definition) is 0. The number of fused-ring (bicyclic) bond motifs is 1. The van der Waals surface area contributed by atoms with Gasteiger partial charge in [-0.15, -0.1) is 0 Å². The summed E-state index contributed by atoms with van der Waals surface area (Å²) in [5.41, 5.74) is 3.55. The number of aryl methyl sites for hydroxylation is 1. The number of aromatic nitrogens is 1. The first kappa shape index (κ1) is 34.3. The summed E-state index contributed by atoms with van der Waals surface area (Å²) in [4.78, 5) is 18.8. The molecule has 11 heteroatoms. The second-order valence-electron chi connectivity index (χ2n) is 12.6. The molecule has 1 amide bonds. The second kappa shape index (κ2) is 14.8. The number of hydrogen-bond acceptors (Lipinski definition) is 9. The molecular formula is C36H42N2O8S. The third-order valence-electron chi connectivity index (χ3n) is 7.52. The summed E-state index contributed by atoms with van der Waals surface area (Å²) in [6, 6.07) is 23.5. The van der Waals surface area contributed by atoms with E-state index in [1.807, 2.05) is 82.3 Å². The van der Waals surface area contributed by atoms with Crippen molar-refractivity contribution in [3.05, 3.63) is 84.4 Å². The van der Waals surface area contributed by atoms with Crippen LogP contribution in [0.5, 0.6) is 5.75 Å². The van der Waals surface area contributed by atoms with Gasteiger partial charge in [0.25, 0.3) is 10.1 Å². The van der Waals surface area contributed by atoms with Crippen molar-refractivity contribution in [1.29, 1.82) is 0 Å². The fraction of sp³-hybridized carbons (Fsp3) is 0.389. The van der Waals surface area contributed by atoms with Crippen LogP contribution in [0.4, 0.5) is 10.5 Å². The summed E-state index contributed by atoms with van der Waals surface area (Å²) in [5.74, 6) is 0.584. The summed E-state index contributed by atoms with van der Waals surface area (Å²) in [5, 5.41) is 0.874. The van der Waals surface area contributed by atoms with Crippen LogP contribution in [0.1, 0.15) is 45.6 Å². The SMILES string of the molecule is Cc1ccc(S(=O)(=O)OCC(COc2ccc3nc(-c4ccc(N(C)C(=O)OC(C)(C)C)cc4)ccc3c2)OC2CCCCO2)cc1. The van der Waals surface area contributed by atoms with Crippen molar-refractivity contribution in [2.24, 2.45) is 0 Å². The van der Waals surface area contributed by atoms with Crippen molar-refractivity contribution in [2.45, 2.75) is 69.8 Å². The maximum atomic E-state index is 12.8. The highest BCUT2D eigenvalue weighted by molar-refractivity contribution is 7.86. The number of amides is 1. The number of rotatable bonds is 11. The Balaban J connectivity index is 1.24. The van der Waals surface area contributed by atoms with Crippen LogP contribution in [0, 0.1) is 6.92 Å². The van der Waals surface area contributed by atoms with Crippen molar-refractivity contribution in [2.75, 3.05) is 31.8 Å². The average Bonchev–Trinajstić information content (AvgIpc) is 3.05. The first-order valence-electron chi connectivity index (χ1n) is 15.7. The highest BCUT2D eigenvalue weighted by atomic mass is 32.2. The number of nitrogens with zero attached hydrogens (tertiary/aromatic N) is 2. The summed E-state index contributed by atoms with van der Waals surface area (Å²) in [7, 11) is -2.30. The lowest BCUT2D eigenvalue weighted by Gasteiger charge is -2.27. The number of pyridine rings is 1. The van der Waals surface area contributed by atoms with E-state index < -0.39 is 34.2 Å². The summed E-state index contributed by atoms with van der Waals surface area (Å²) in [6.45, 7) is 7.82. The van der Waals surface area contributed by atoms with Gasteiger partial charge in [-0.1, -0.05) is 35.9 Å². The molecule has 1 aliphatic heterocycles. The predicted octanol–water partition coefficient (Wildman–Crippen LogP) is 7.28. The van der Waals surface area contributed by atoms with Gasteiger partial charge in [0, 0.05) is 30.3 Å². The van der Waals surface area contributed by atoms with Crippen LogP contribution in [-0.2, 0) is 28.5 Å². The Kier molecular flexibility index (Phi) is 10.8. The van der Waals surface area contributed by atoms with Gasteiger partial charge < -0.3 is 18.9 Å². The molecule has 2 unspecified atom stereocenters. The van der Waals surface area contributed by atoms with Gasteiger partial charge in [0.1, 0.15) is 24.1 Å². The minimum Gasteiger partial charge on any atom is -0.491 e. The minimum absolute atomic E-state index is 0.0599. The summed E-state index contributed by atoms with van der Waals surface area (Å²) >= 11 is 0. The van der Waals surface area contributed by atoms with Crippen LogP contribution in [0.15, 0.2) is 83.8 Å². The number of ether oxygens (including phenoxy) is 4. The lowest BCUT2D eigenvalue weighted by molar-refractivity contribution is -0.198. The Morgan fingerprint density at radius 3 is 2.40 bits per heavy atom. The molecule has 2 atom stereocenters. The molecule has 10 nitrogen and oxygen atoms in total. The lowest BCUT2D eigenvalue weighted by atomic mass is 10.1. The number of benzene rings is 3. The average molecular weight is 663 g/mol. The highest BCUT2D eigenvalue weighted by Gasteiger charge is 2.25. The molecule has 1 aliphatic rings. The zero-order valence-electron chi connectivity index (χ0n) is 27.5. The monoisotopic (exact) mass is 662 g/mol. The van der Waals surface area contributed by atoms with Crippen LogP contribution in [0.3, 0.4) is 0 Å². The second-order valence-corrected chi connectivity index (χ2v) is 14.2. The van der Waals surface area contributed by atoms with Gasteiger partial charge in [-0.3, -0.25) is 9.08 Å². The molecule has 0 N–H and O–H groups in total. The van der Waals surface area contributed by atoms with Crippen LogP contribution < -0.4 is 9.64 Å². The van der Waals surface area contributed by atoms with Crippen molar-refractivity contribution >= 4 is 32.8 Å². The number of carbonyl (C=O) groups is 1. The molecule has 0 radical (unpaired) electrons. The van der Waals surface area contributed by atoms with Gasteiger partial charge in [0.15, 0.2) is 6.29 Å². The molecule has 1 aromatic heterocycles. The van der Waals surface area contributed by atoms with E-state index in [-0.39, 0.29) is 18.1 Å². The van der Waals surface area contributed by atoms with E-state index in [0.717, 1.165) is 40.6 Å². The van der Waals surface area contributed by atoms with Crippen molar-refractivity contribution in [3.63, 3.8) is 0 Å². The number of carbonyl (C=O) groups excluding carboxylic acids is 1. The van der Waals surface area contributed by atoms with E-state index >= 15 is 0 Å². The normalized spacial score (nSPS) is 16.1. The predicted molar refractivity (Wildman–Crippen MR) is 180 cm³/mol. The van der Waals surface area contributed by atoms with Gasteiger partial charge in [-0.05, 0) is 95.5 Å². The molecule has 47 heavy (non-hydrogen) atoms. The summed E-state index contributed by atoms with van der Waals surface area (Å²) < 4.78 is 54.4. The van der Waals surface area contributed by atoms with Gasteiger partial charge in [-0.2, -0.15) is 8.42 Å². The molecular weight excluding hydrogens is 620 g/mol. The third kappa shape index (κ3) is 9.51. The fourth-order valence-electron chi connectivity index (χ4n) is 4.93. The van der Waals surface area contributed by atoms with Gasteiger partial charge in [0.05, 0.1) is 22.7 Å². The Labute approximate surface area is 276 Å². The first-order valence-corrected chi connectivity index (χ1v) is 17.1. The Morgan fingerprint density at radius 1 is 0.979 bits per heavy atom. The van der Waals surface area contributed by atoms with Crippen molar-refractivity contribution in [3.8, 4) is 17.0 Å². The van der Waals surface area contributed by atoms with Gasteiger partial charge in [-0.25, -0.2) is 9.78 Å². The van der Waals surface area contributed by atoms with Crippen molar-refractivity contribution < 1.29 is 36.3 Å². The van der Waals surface area contributed by atoms with E-state index in [4.69, 9.17) is 28.1 Å². The smallest absolute Gasteiger partial charge is 0.414 e. The fourth-order valence-corrected chi connectivity index (χ4v) is 5.87. The van der Waals surface area contributed by atoms with E-state index in [2.05, 4.69) is 0 Å². The molecule has 5 rings (SSSR count). The van der Waals surface area contributed by atoms with E-state index in [1.54, 1.807) is 19.2 Å². The van der Waals surface area contributed by atoms with Crippen LogP contribution in [-0.4, -0.2) is 64.4 Å². The molecule has 0 bridgehead atoms. The first-order chi connectivity index (χ1) is 22.4. The Bertz CT molecular complexity index is 1760. The highest BCUT2D eigenvalue weighted by Crippen LogP contribution is 2.27. The molecule has 0 spiro atoms. The molecule has 1 saturated heterocycles. The topological polar surface area (TPSA) is 113 Å². The maximum Gasteiger partial charge on any atom is 0.414 e. The molecule has 0 aliphatic carbocycles. The maximum absolute atomic E-state index is 12.8. The summed E-state index contributed by atoms with van der Waals surface area (Å²) in [6.07, 6.45) is 1.08. The van der Waals surface area contributed by atoms with E-state index in [0.29, 0.717) is 24.5 Å². The van der Waals surface area contributed by atoms with E-state index in [9.17, 15) is 13.2 Å². The largest absolute Gasteiger partial charge is 0.491 e. The van der Waals surface area contributed by atoms with Crippen molar-refractivity contribution in [1.82, 2.24) is 4.98 Å². The molecule has 3 aromatic carbocycles. The zero-order chi connectivity index (χ0) is 33.6. The molecule has 2 heterocycles. The molecule has 0 saturated carbocycles. The van der Waals surface area contributed by atoms with Crippen LogP contribution in [0.25, 0.3) is 22.2 Å². The van der Waals surface area contributed by atoms with Gasteiger partial charge in [0.2, 0.25) is 0 Å². The molecule has 1 fully saturated rings. The standard InChI is InChI=1S/C36H42N2O8S/c1-25-9-17-31(18-10-25)47(40,41)44-24-30(45-34-8-6-7-21-42-34)23-43-29-16-20-33-27(22-29)13-19-32(37-33)26-11-14-28(15-12-26)38(5)35(39)46-36(2,3)4/h9-20,22,30,34H,6-8,21,23-24H2,1-5H3. The number of anilines is 1. The Morgan fingerprint density at radius 2 is 1.72 bits per heavy atom. The van der Waals surface area contributed by atoms with E-state index in [1.165, 1.54) is 17.0 Å². The third-order valence-corrected chi connectivity index (χ3v) is 8.81. The zero-order valence-corrected chi connectivity index (χ0v) is 28.3. The van der Waals surface area contributed by atoms with Gasteiger partial charge >= 0.3 is 6.09 Å². The molecule has 4 aromatic rings. The minimum atomic E-state index is -3.98. The Hall–Kier alpha value is -4.03. The van der Waals surface area contributed by atoms with Crippen LogP contribution >= 0.6 is 0 Å². The lowest BCUT2D eigenvalue weighted by Crippen LogP contribution is -2.35. The molecule has 250 valence electrons. The van der Waals surface area contributed by atoms with Crippen LogP contribution in [0.2, 0.25) is 0 Å². The quantitative estimate of drug-likeness (QED) is 0.153.